The van der Waals surface area contributed by atoms with E-state index in [0.717, 1.165) is 11.5 Å². The van der Waals surface area contributed by atoms with Crippen molar-refractivity contribution in [3.63, 3.8) is 0 Å². The molecule has 3 heteroatoms. The highest BCUT2D eigenvalue weighted by Crippen LogP contribution is 2.17. The van der Waals surface area contributed by atoms with Crippen molar-refractivity contribution in [2.24, 2.45) is 0 Å². The van der Waals surface area contributed by atoms with Crippen molar-refractivity contribution >= 4 is 23.1 Å². The first-order chi connectivity index (χ1) is 4.86. The van der Waals surface area contributed by atoms with E-state index >= 15 is 0 Å². The van der Waals surface area contributed by atoms with E-state index in [1.165, 1.54) is 0 Å². The molecule has 0 aliphatic carbocycles. The molecule has 0 heterocycles. The van der Waals surface area contributed by atoms with Crippen LogP contribution in [0.1, 0.15) is 0 Å². The van der Waals surface area contributed by atoms with Gasteiger partial charge in [0.25, 0.3) is 0 Å². The first-order valence-electron chi connectivity index (χ1n) is 2.96. The Balaban J connectivity index is 0.000001000. The summed E-state index contributed by atoms with van der Waals surface area (Å²) < 4.78 is 9.89. The van der Waals surface area contributed by atoms with Crippen LogP contribution in [0, 0.1) is 6.07 Å². The smallest absolute Gasteiger partial charge is 0.316 e. The van der Waals surface area contributed by atoms with E-state index in [2.05, 4.69) is 6.07 Å². The van der Waals surface area contributed by atoms with Crippen molar-refractivity contribution in [3.05, 3.63) is 24.3 Å². The van der Waals surface area contributed by atoms with Crippen LogP contribution in [0.15, 0.2) is 18.2 Å². The van der Waals surface area contributed by atoms with E-state index < -0.39 is 0 Å². The number of hydrogen-bond donors (Lipinski definition) is 0. The zero-order valence-electron chi connectivity index (χ0n) is 6.05. The minimum atomic E-state index is 0. The van der Waals surface area contributed by atoms with Gasteiger partial charge in [0.2, 0.25) is 0 Å². The molecule has 0 saturated heterocycles. The van der Waals surface area contributed by atoms with Crippen LogP contribution in [0.4, 0.5) is 0 Å². The molecule has 0 N–H and O–H groups in total. The molecule has 0 amide bonds. The number of rotatable bonds is 2. The van der Waals surface area contributed by atoms with Crippen molar-refractivity contribution in [2.75, 3.05) is 14.2 Å². The Labute approximate surface area is 82.7 Å². The minimum absolute atomic E-state index is 0. The van der Waals surface area contributed by atoms with Crippen molar-refractivity contribution in [1.82, 2.24) is 0 Å². The lowest BCUT2D eigenvalue weighted by Gasteiger charge is -2.01. The molecule has 0 aliphatic rings. The molecule has 0 aromatic heterocycles. The molecule has 57 valence electrons. The largest absolute Gasteiger partial charge is 0.497 e. The number of ether oxygens (including phenoxy) is 2. The zero-order valence-corrected chi connectivity index (χ0v) is 6.05. The van der Waals surface area contributed by atoms with Gasteiger partial charge in [0, 0.05) is 6.07 Å². The van der Waals surface area contributed by atoms with Gasteiger partial charge < -0.3 is 9.47 Å². The lowest BCUT2D eigenvalue weighted by molar-refractivity contribution is 0.394. The monoisotopic (exact) mass is 163 g/mol. The molecule has 0 unspecified atom stereocenters. The standard InChI is InChI=1S/C8H9O2.Mg.2H/c1-9-7-4-3-5-8(6-7)10-2;;;/h4-6H,1-2H3;;;. The third kappa shape index (κ3) is 2.99. The second kappa shape index (κ2) is 5.26. The van der Waals surface area contributed by atoms with Gasteiger partial charge in [-0.25, -0.2) is 0 Å². The average molecular weight is 163 g/mol. The summed E-state index contributed by atoms with van der Waals surface area (Å²) >= 11 is 0. The molecule has 0 spiro atoms. The fourth-order valence-corrected chi connectivity index (χ4v) is 0.665. The third-order valence-electron chi connectivity index (χ3n) is 1.21. The van der Waals surface area contributed by atoms with Gasteiger partial charge in [-0.05, 0) is 18.2 Å². The van der Waals surface area contributed by atoms with Crippen molar-refractivity contribution in [2.45, 2.75) is 0 Å². The van der Waals surface area contributed by atoms with Crippen LogP contribution in [-0.2, 0) is 0 Å². The highest BCUT2D eigenvalue weighted by atomic mass is 24.3. The van der Waals surface area contributed by atoms with E-state index in [9.17, 15) is 0 Å². The molecule has 1 aromatic rings. The average Bonchev–Trinajstić information content (AvgIpc) is 2.05. The fourth-order valence-electron chi connectivity index (χ4n) is 0.665. The summed E-state index contributed by atoms with van der Waals surface area (Å²) in [5, 5.41) is 0. The summed E-state index contributed by atoms with van der Waals surface area (Å²) in [6, 6.07) is 8.19. The molecule has 11 heavy (non-hydrogen) atoms. The number of benzene rings is 1. The van der Waals surface area contributed by atoms with Crippen LogP contribution in [0.2, 0.25) is 0 Å². The molecule has 0 fully saturated rings. The van der Waals surface area contributed by atoms with Gasteiger partial charge in [-0.15, -0.1) is 0 Å². The van der Waals surface area contributed by atoms with Crippen molar-refractivity contribution in [1.29, 1.82) is 0 Å². The lowest BCUT2D eigenvalue weighted by Crippen LogP contribution is -1.85. The molecule has 1 radical (unpaired) electrons. The summed E-state index contributed by atoms with van der Waals surface area (Å²) in [7, 11) is 3.23. The quantitative estimate of drug-likeness (QED) is 0.594. The first-order valence-corrected chi connectivity index (χ1v) is 2.96. The van der Waals surface area contributed by atoms with Gasteiger partial charge in [0.1, 0.15) is 11.5 Å². The van der Waals surface area contributed by atoms with Crippen molar-refractivity contribution < 1.29 is 9.47 Å². The summed E-state index contributed by atoms with van der Waals surface area (Å²) in [5.74, 6) is 1.53. The van der Waals surface area contributed by atoms with Gasteiger partial charge in [-0.2, -0.15) is 0 Å². The molecule has 1 rings (SSSR count). The molecule has 0 bridgehead atoms. The SMILES string of the molecule is COc1c[c]cc(OC)c1.[MgH2]. The van der Waals surface area contributed by atoms with Gasteiger partial charge in [0.15, 0.2) is 0 Å². The predicted octanol–water partition coefficient (Wildman–Crippen LogP) is 0.588. The Morgan fingerprint density at radius 2 is 1.55 bits per heavy atom. The van der Waals surface area contributed by atoms with E-state index in [4.69, 9.17) is 9.47 Å². The maximum Gasteiger partial charge on any atom is 0.316 e. The van der Waals surface area contributed by atoms with Crippen LogP contribution in [0.5, 0.6) is 11.5 Å². The third-order valence-corrected chi connectivity index (χ3v) is 1.21. The van der Waals surface area contributed by atoms with E-state index in [-0.39, 0.29) is 23.1 Å². The van der Waals surface area contributed by atoms with Gasteiger partial charge in [-0.1, -0.05) is 0 Å². The zero-order chi connectivity index (χ0) is 7.40. The predicted molar refractivity (Wildman–Crippen MR) is 46.9 cm³/mol. The van der Waals surface area contributed by atoms with Gasteiger partial charge in [0.05, 0.1) is 14.2 Å². The highest BCUT2D eigenvalue weighted by molar-refractivity contribution is 5.75. The Kier molecular flexibility index (Phi) is 5.07. The Morgan fingerprint density at radius 1 is 1.09 bits per heavy atom. The molecule has 0 atom stereocenters. The Bertz CT molecular complexity index is 194. The molecule has 0 saturated carbocycles. The van der Waals surface area contributed by atoms with Crippen LogP contribution in [-0.4, -0.2) is 37.3 Å². The normalized spacial score (nSPS) is 8.18. The van der Waals surface area contributed by atoms with Gasteiger partial charge in [-0.3, -0.25) is 0 Å². The molecular formula is C8H11MgO2. The molecular weight excluding hydrogens is 152 g/mol. The molecule has 1 aromatic carbocycles. The highest BCUT2D eigenvalue weighted by Gasteiger charge is 1.92. The van der Waals surface area contributed by atoms with Crippen LogP contribution >= 0.6 is 0 Å². The second-order valence-electron chi connectivity index (χ2n) is 1.81. The van der Waals surface area contributed by atoms with Crippen molar-refractivity contribution in [3.8, 4) is 11.5 Å². The maximum absolute atomic E-state index is 4.95. The fraction of sp³-hybridized carbons (Fsp3) is 0.250. The minimum Gasteiger partial charge on any atom is -0.497 e. The van der Waals surface area contributed by atoms with E-state index in [1.807, 2.05) is 0 Å². The lowest BCUT2D eigenvalue weighted by atomic mass is 10.3. The Hall–Kier alpha value is -0.414. The topological polar surface area (TPSA) is 18.5 Å². The van der Waals surface area contributed by atoms with E-state index in [1.54, 1.807) is 32.4 Å². The van der Waals surface area contributed by atoms with Crippen LogP contribution in [0.3, 0.4) is 0 Å². The summed E-state index contributed by atoms with van der Waals surface area (Å²) in [6.07, 6.45) is 0. The van der Waals surface area contributed by atoms with Gasteiger partial charge >= 0.3 is 23.1 Å². The van der Waals surface area contributed by atoms with Crippen LogP contribution < -0.4 is 9.47 Å². The number of methoxy groups -OCH3 is 2. The number of hydrogen-bond acceptors (Lipinski definition) is 2. The second-order valence-corrected chi connectivity index (χ2v) is 1.81. The summed E-state index contributed by atoms with van der Waals surface area (Å²) in [6.45, 7) is 0. The summed E-state index contributed by atoms with van der Waals surface area (Å²) in [5.41, 5.74) is 0. The molecule has 2 nitrogen and oxygen atoms in total. The van der Waals surface area contributed by atoms with Crippen LogP contribution in [0.25, 0.3) is 0 Å². The Morgan fingerprint density at radius 3 is 1.91 bits per heavy atom. The van der Waals surface area contributed by atoms with E-state index in [0.29, 0.717) is 0 Å². The maximum atomic E-state index is 4.95. The summed E-state index contributed by atoms with van der Waals surface area (Å²) in [4.78, 5) is 0. The molecule has 0 aliphatic heterocycles. The first kappa shape index (κ1) is 10.6.